The first-order chi connectivity index (χ1) is 13.3. The molecule has 0 aliphatic carbocycles. The lowest BCUT2D eigenvalue weighted by Crippen LogP contribution is -2.35. The zero-order valence-electron chi connectivity index (χ0n) is 15.3. The molecule has 1 N–H and O–H groups in total. The second-order valence-electron chi connectivity index (χ2n) is 6.94. The first-order valence-electron chi connectivity index (χ1n) is 9.46. The summed E-state index contributed by atoms with van der Waals surface area (Å²) >= 11 is 0. The molecule has 4 rings (SSSR count). The highest BCUT2D eigenvalue weighted by Crippen LogP contribution is 2.18. The van der Waals surface area contributed by atoms with Gasteiger partial charge in [0.1, 0.15) is 5.69 Å². The largest absolute Gasteiger partial charge is 0.336 e. The van der Waals surface area contributed by atoms with Crippen LogP contribution in [0.1, 0.15) is 22.5 Å². The fourth-order valence-corrected chi connectivity index (χ4v) is 3.53. The normalized spacial score (nSPS) is 15.5. The van der Waals surface area contributed by atoms with E-state index in [1.165, 1.54) is 5.56 Å². The number of rotatable bonds is 4. The second kappa shape index (κ2) is 8.18. The molecule has 2 heterocycles. The van der Waals surface area contributed by atoms with Crippen molar-refractivity contribution in [1.82, 2.24) is 20.0 Å². The van der Waals surface area contributed by atoms with Crippen LogP contribution in [0.25, 0.3) is 11.3 Å². The van der Waals surface area contributed by atoms with Crippen molar-refractivity contribution in [2.45, 2.75) is 13.0 Å². The Morgan fingerprint density at radius 3 is 2.44 bits per heavy atom. The van der Waals surface area contributed by atoms with Crippen molar-refractivity contribution in [1.29, 1.82) is 0 Å². The molecule has 27 heavy (non-hydrogen) atoms. The van der Waals surface area contributed by atoms with Crippen molar-refractivity contribution in [2.24, 2.45) is 0 Å². The van der Waals surface area contributed by atoms with Gasteiger partial charge in [-0.2, -0.15) is 5.10 Å². The maximum atomic E-state index is 12.9. The van der Waals surface area contributed by atoms with Crippen LogP contribution in [0.5, 0.6) is 0 Å². The fourth-order valence-electron chi connectivity index (χ4n) is 3.53. The van der Waals surface area contributed by atoms with Gasteiger partial charge in [-0.3, -0.25) is 14.8 Å². The lowest BCUT2D eigenvalue weighted by molar-refractivity contribution is 0.0755. The van der Waals surface area contributed by atoms with E-state index in [0.29, 0.717) is 5.69 Å². The lowest BCUT2D eigenvalue weighted by atomic mass is 10.1. The lowest BCUT2D eigenvalue weighted by Gasteiger charge is -2.21. The quantitative estimate of drug-likeness (QED) is 0.776. The zero-order valence-corrected chi connectivity index (χ0v) is 15.3. The Hall–Kier alpha value is -2.92. The van der Waals surface area contributed by atoms with Gasteiger partial charge in [-0.25, -0.2) is 0 Å². The molecule has 0 saturated carbocycles. The maximum absolute atomic E-state index is 12.9. The van der Waals surface area contributed by atoms with E-state index in [1.54, 1.807) is 0 Å². The third-order valence-electron chi connectivity index (χ3n) is 5.00. The minimum Gasteiger partial charge on any atom is -0.336 e. The van der Waals surface area contributed by atoms with Crippen molar-refractivity contribution >= 4 is 5.91 Å². The molecule has 138 valence electrons. The molecule has 5 nitrogen and oxygen atoms in total. The van der Waals surface area contributed by atoms with E-state index >= 15 is 0 Å². The van der Waals surface area contributed by atoms with Crippen molar-refractivity contribution in [2.75, 3.05) is 26.2 Å². The first kappa shape index (κ1) is 17.5. The van der Waals surface area contributed by atoms with Crippen molar-refractivity contribution in [3.05, 3.63) is 78.0 Å². The van der Waals surface area contributed by atoms with Crippen molar-refractivity contribution < 1.29 is 4.79 Å². The molecule has 1 aliphatic rings. The van der Waals surface area contributed by atoms with E-state index in [2.05, 4.69) is 39.4 Å². The molecule has 0 atom stereocenters. The Morgan fingerprint density at radius 1 is 0.926 bits per heavy atom. The number of hydrogen-bond acceptors (Lipinski definition) is 3. The number of aromatic nitrogens is 2. The van der Waals surface area contributed by atoms with E-state index in [-0.39, 0.29) is 5.91 Å². The molecule has 0 spiro atoms. The van der Waals surface area contributed by atoms with Gasteiger partial charge in [0, 0.05) is 38.3 Å². The fraction of sp³-hybridized carbons (Fsp3) is 0.273. The van der Waals surface area contributed by atoms with E-state index in [4.69, 9.17) is 0 Å². The molecule has 1 aromatic heterocycles. The topological polar surface area (TPSA) is 52.2 Å². The molecule has 0 bridgehead atoms. The van der Waals surface area contributed by atoms with Gasteiger partial charge in [0.2, 0.25) is 0 Å². The molecular formula is C22H24N4O. The minimum atomic E-state index is 0.0336. The molecule has 1 fully saturated rings. The predicted octanol–water partition coefficient (Wildman–Crippen LogP) is 3.42. The monoisotopic (exact) mass is 360 g/mol. The van der Waals surface area contributed by atoms with Crippen LogP contribution in [0.4, 0.5) is 0 Å². The summed E-state index contributed by atoms with van der Waals surface area (Å²) in [7, 11) is 0. The Balaban J connectivity index is 1.39. The molecule has 1 aliphatic heterocycles. The summed E-state index contributed by atoms with van der Waals surface area (Å²) in [4.78, 5) is 17.3. The standard InChI is InChI=1S/C22H24N4O/c27-22(21-16-20(23-24-21)19-10-5-2-6-11-19)26-13-7-12-25(14-15-26)17-18-8-3-1-4-9-18/h1-6,8-11,16H,7,12-15,17H2,(H,23,24). The average Bonchev–Trinajstić information content (AvgIpc) is 3.10. The number of nitrogens with one attached hydrogen (secondary N) is 1. The average molecular weight is 360 g/mol. The van der Waals surface area contributed by atoms with Gasteiger partial charge in [-0.1, -0.05) is 60.7 Å². The van der Waals surface area contributed by atoms with Crippen molar-refractivity contribution in [3.63, 3.8) is 0 Å². The highest BCUT2D eigenvalue weighted by molar-refractivity contribution is 5.93. The first-order valence-corrected chi connectivity index (χ1v) is 9.46. The number of H-pyrrole nitrogens is 1. The van der Waals surface area contributed by atoms with Gasteiger partial charge in [-0.05, 0) is 18.1 Å². The number of aromatic amines is 1. The van der Waals surface area contributed by atoms with Crippen LogP contribution in [0.3, 0.4) is 0 Å². The van der Waals surface area contributed by atoms with Gasteiger partial charge < -0.3 is 4.90 Å². The van der Waals surface area contributed by atoms with Gasteiger partial charge in [0.05, 0.1) is 5.69 Å². The van der Waals surface area contributed by atoms with Crippen LogP contribution in [-0.4, -0.2) is 52.1 Å². The molecule has 5 heteroatoms. The third-order valence-corrected chi connectivity index (χ3v) is 5.00. The van der Waals surface area contributed by atoms with E-state index in [1.807, 2.05) is 47.4 Å². The van der Waals surface area contributed by atoms with E-state index < -0.39 is 0 Å². The van der Waals surface area contributed by atoms with Crippen LogP contribution < -0.4 is 0 Å². The predicted molar refractivity (Wildman–Crippen MR) is 106 cm³/mol. The highest BCUT2D eigenvalue weighted by Gasteiger charge is 2.22. The number of hydrogen-bond donors (Lipinski definition) is 1. The van der Waals surface area contributed by atoms with Gasteiger partial charge in [0.25, 0.3) is 5.91 Å². The smallest absolute Gasteiger partial charge is 0.271 e. The maximum Gasteiger partial charge on any atom is 0.271 e. The van der Waals surface area contributed by atoms with E-state index in [9.17, 15) is 4.79 Å². The summed E-state index contributed by atoms with van der Waals surface area (Å²) in [5.41, 5.74) is 3.70. The summed E-state index contributed by atoms with van der Waals surface area (Å²) in [6.07, 6.45) is 0.984. The van der Waals surface area contributed by atoms with Crippen LogP contribution >= 0.6 is 0 Å². The highest BCUT2D eigenvalue weighted by atomic mass is 16.2. The summed E-state index contributed by atoms with van der Waals surface area (Å²) < 4.78 is 0. The van der Waals surface area contributed by atoms with Crippen LogP contribution in [0.15, 0.2) is 66.7 Å². The van der Waals surface area contributed by atoms with Gasteiger partial charge in [0.15, 0.2) is 0 Å². The van der Waals surface area contributed by atoms with Crippen LogP contribution in [0.2, 0.25) is 0 Å². The van der Waals surface area contributed by atoms with Gasteiger partial charge in [-0.15, -0.1) is 0 Å². The number of nitrogens with zero attached hydrogens (tertiary/aromatic N) is 3. The minimum absolute atomic E-state index is 0.0336. The Labute approximate surface area is 159 Å². The number of carbonyl (C=O) groups excluding carboxylic acids is 1. The Kier molecular flexibility index (Phi) is 5.30. The number of amides is 1. The molecule has 1 saturated heterocycles. The third kappa shape index (κ3) is 4.26. The zero-order chi connectivity index (χ0) is 18.5. The van der Waals surface area contributed by atoms with Crippen LogP contribution in [-0.2, 0) is 6.54 Å². The molecule has 0 unspecified atom stereocenters. The summed E-state index contributed by atoms with van der Waals surface area (Å²) in [5.74, 6) is 0.0336. The summed E-state index contributed by atoms with van der Waals surface area (Å²) in [5, 5.41) is 7.23. The van der Waals surface area contributed by atoms with Crippen molar-refractivity contribution in [3.8, 4) is 11.3 Å². The Morgan fingerprint density at radius 2 is 1.67 bits per heavy atom. The Bertz CT molecular complexity index is 876. The number of benzene rings is 2. The SMILES string of the molecule is O=C(c1cc(-c2ccccc2)n[nH]1)N1CCCN(Cc2ccccc2)CC1. The van der Waals surface area contributed by atoms with E-state index in [0.717, 1.165) is 50.4 Å². The summed E-state index contributed by atoms with van der Waals surface area (Å²) in [6.45, 7) is 4.36. The molecule has 1 amide bonds. The molecule has 0 radical (unpaired) electrons. The number of carbonyl (C=O) groups is 1. The molecule has 3 aromatic rings. The summed E-state index contributed by atoms with van der Waals surface area (Å²) in [6, 6.07) is 22.3. The van der Waals surface area contributed by atoms with Crippen LogP contribution in [0, 0.1) is 0 Å². The van der Waals surface area contributed by atoms with Gasteiger partial charge >= 0.3 is 0 Å². The molecule has 2 aromatic carbocycles. The second-order valence-corrected chi connectivity index (χ2v) is 6.94. The molecular weight excluding hydrogens is 336 g/mol.